The first kappa shape index (κ1) is 11.3. The number of nitrogen functional groups attached to an aromatic ring is 1. The molecule has 1 aromatic rings. The number of nitrogens with two attached hydrogens (primary N) is 1. The Bertz CT molecular complexity index is 386. The molecular weight excluding hydrogens is 281 g/mol. The molecular formula is C7H4BrClF2N2O. The molecule has 0 spiro atoms. The Morgan fingerprint density at radius 3 is 2.64 bits per heavy atom. The number of anilines is 1. The Balaban J connectivity index is 3.45. The van der Waals surface area contributed by atoms with Crippen molar-refractivity contribution in [2.45, 2.75) is 6.43 Å². The normalized spacial score (nSPS) is 10.6. The fraction of sp³-hybridized carbons (Fsp3) is 0.143. The third kappa shape index (κ3) is 2.01. The molecule has 0 saturated heterocycles. The maximum Gasteiger partial charge on any atom is 0.281 e. The van der Waals surface area contributed by atoms with E-state index < -0.39 is 22.9 Å². The zero-order valence-corrected chi connectivity index (χ0v) is 8.94. The minimum Gasteiger partial charge on any atom is -0.397 e. The van der Waals surface area contributed by atoms with Crippen LogP contribution in [0, 0.1) is 0 Å². The van der Waals surface area contributed by atoms with Crippen molar-refractivity contribution < 1.29 is 13.6 Å². The summed E-state index contributed by atoms with van der Waals surface area (Å²) < 4.78 is 25.0. The fourth-order valence-corrected chi connectivity index (χ4v) is 1.39. The number of carbonyl (C=O) groups is 1. The first-order valence-corrected chi connectivity index (χ1v) is 4.54. The lowest BCUT2D eigenvalue weighted by molar-refractivity contribution is 0.106. The van der Waals surface area contributed by atoms with E-state index in [2.05, 4.69) is 20.9 Å². The van der Waals surface area contributed by atoms with Gasteiger partial charge in [0, 0.05) is 6.20 Å². The molecule has 1 aromatic heterocycles. The van der Waals surface area contributed by atoms with E-state index in [1.807, 2.05) is 0 Å². The highest BCUT2D eigenvalue weighted by molar-refractivity contribution is 9.10. The summed E-state index contributed by atoms with van der Waals surface area (Å²) in [5, 5.41) is -1.05. The van der Waals surface area contributed by atoms with Crippen LogP contribution in [-0.2, 0) is 0 Å². The molecule has 0 aliphatic rings. The summed E-state index contributed by atoms with van der Waals surface area (Å²) in [5.41, 5.74) is 4.12. The Labute approximate surface area is 91.4 Å². The minimum atomic E-state index is -2.89. The first-order chi connectivity index (χ1) is 6.45. The van der Waals surface area contributed by atoms with Crippen molar-refractivity contribution in [2.24, 2.45) is 0 Å². The summed E-state index contributed by atoms with van der Waals surface area (Å²) in [6.07, 6.45) is -1.79. The molecule has 3 nitrogen and oxygen atoms in total. The Kier molecular flexibility index (Phi) is 3.38. The van der Waals surface area contributed by atoms with Gasteiger partial charge in [0.2, 0.25) is 0 Å². The van der Waals surface area contributed by atoms with Crippen LogP contribution in [0.25, 0.3) is 0 Å². The predicted octanol–water partition coefficient (Wildman–Crippen LogP) is 2.74. The van der Waals surface area contributed by atoms with Crippen LogP contribution in [0.5, 0.6) is 0 Å². The van der Waals surface area contributed by atoms with Crippen molar-refractivity contribution in [3.8, 4) is 0 Å². The molecule has 0 saturated carbocycles. The van der Waals surface area contributed by atoms with Crippen LogP contribution in [0.1, 0.15) is 22.5 Å². The molecule has 1 heterocycles. The molecule has 0 amide bonds. The largest absolute Gasteiger partial charge is 0.397 e. The van der Waals surface area contributed by atoms with E-state index in [0.29, 0.717) is 0 Å². The topological polar surface area (TPSA) is 56.0 Å². The molecule has 0 radical (unpaired) electrons. The molecule has 0 atom stereocenters. The quantitative estimate of drug-likeness (QED) is 0.850. The van der Waals surface area contributed by atoms with Gasteiger partial charge < -0.3 is 5.73 Å². The summed E-state index contributed by atoms with van der Waals surface area (Å²) in [6, 6.07) is 0. The lowest BCUT2D eigenvalue weighted by Crippen LogP contribution is -2.07. The molecule has 0 unspecified atom stereocenters. The highest BCUT2D eigenvalue weighted by Crippen LogP contribution is 2.30. The highest BCUT2D eigenvalue weighted by Gasteiger charge is 2.22. The van der Waals surface area contributed by atoms with Crippen molar-refractivity contribution in [1.82, 2.24) is 4.98 Å². The maximum atomic E-state index is 12.4. The number of alkyl halides is 2. The van der Waals surface area contributed by atoms with E-state index in [-0.39, 0.29) is 10.2 Å². The standard InChI is InChI=1S/C7H4BrClF2N2O/c8-2-1-13-5(7(10)11)3(4(2)12)6(9)14/h1,7H,(H2,12,13). The summed E-state index contributed by atoms with van der Waals surface area (Å²) >= 11 is 8.07. The number of halogens is 4. The SMILES string of the molecule is Nc1c(Br)cnc(C(F)F)c1C(=O)Cl. The van der Waals surface area contributed by atoms with Crippen LogP contribution in [0.3, 0.4) is 0 Å². The predicted molar refractivity (Wildman–Crippen MR) is 51.5 cm³/mol. The van der Waals surface area contributed by atoms with E-state index in [1.165, 1.54) is 0 Å². The molecule has 0 aliphatic heterocycles. The second kappa shape index (κ2) is 4.18. The minimum absolute atomic E-state index is 0.129. The second-order valence-corrected chi connectivity index (χ2v) is 3.55. The van der Waals surface area contributed by atoms with Crippen LogP contribution < -0.4 is 5.73 Å². The third-order valence-electron chi connectivity index (χ3n) is 1.50. The van der Waals surface area contributed by atoms with E-state index in [9.17, 15) is 13.6 Å². The van der Waals surface area contributed by atoms with E-state index in [1.54, 1.807) is 0 Å². The summed E-state index contributed by atoms with van der Waals surface area (Å²) in [6.45, 7) is 0. The zero-order valence-electron chi connectivity index (χ0n) is 6.60. The van der Waals surface area contributed by atoms with Crippen molar-refractivity contribution in [3.63, 3.8) is 0 Å². The average Bonchev–Trinajstić information content (AvgIpc) is 2.08. The fourth-order valence-electron chi connectivity index (χ4n) is 0.890. The molecule has 0 aromatic carbocycles. The Morgan fingerprint density at radius 1 is 1.64 bits per heavy atom. The molecule has 0 bridgehead atoms. The number of carbonyl (C=O) groups excluding carboxylic acids is 1. The van der Waals surface area contributed by atoms with Gasteiger partial charge in [0.05, 0.1) is 15.7 Å². The smallest absolute Gasteiger partial charge is 0.281 e. The lowest BCUT2D eigenvalue weighted by Gasteiger charge is -2.08. The summed E-state index contributed by atoms with van der Waals surface area (Å²) in [4.78, 5) is 14.2. The first-order valence-electron chi connectivity index (χ1n) is 3.37. The van der Waals surface area contributed by atoms with E-state index in [0.717, 1.165) is 6.20 Å². The monoisotopic (exact) mass is 284 g/mol. The molecule has 14 heavy (non-hydrogen) atoms. The van der Waals surface area contributed by atoms with Crippen LogP contribution >= 0.6 is 27.5 Å². The Morgan fingerprint density at radius 2 is 2.21 bits per heavy atom. The molecule has 0 fully saturated rings. The number of nitrogens with zero attached hydrogens (tertiary/aromatic N) is 1. The van der Waals surface area contributed by atoms with Crippen molar-refractivity contribution >= 4 is 38.5 Å². The van der Waals surface area contributed by atoms with Gasteiger partial charge in [-0.05, 0) is 27.5 Å². The number of aromatic nitrogens is 1. The number of hydrogen-bond donors (Lipinski definition) is 1. The zero-order chi connectivity index (χ0) is 10.9. The number of rotatable bonds is 2. The van der Waals surface area contributed by atoms with Crippen LogP contribution in [0.2, 0.25) is 0 Å². The molecule has 1 rings (SSSR count). The van der Waals surface area contributed by atoms with Crippen molar-refractivity contribution in [3.05, 3.63) is 21.9 Å². The van der Waals surface area contributed by atoms with Gasteiger partial charge in [-0.2, -0.15) is 0 Å². The van der Waals surface area contributed by atoms with Gasteiger partial charge >= 0.3 is 0 Å². The van der Waals surface area contributed by atoms with E-state index in [4.69, 9.17) is 17.3 Å². The van der Waals surface area contributed by atoms with Gasteiger partial charge in [0.15, 0.2) is 0 Å². The average molecular weight is 285 g/mol. The third-order valence-corrected chi connectivity index (χ3v) is 2.32. The maximum absolute atomic E-state index is 12.4. The van der Waals surface area contributed by atoms with Gasteiger partial charge in [-0.3, -0.25) is 9.78 Å². The van der Waals surface area contributed by atoms with Gasteiger partial charge in [-0.15, -0.1) is 0 Å². The van der Waals surface area contributed by atoms with Crippen molar-refractivity contribution in [2.75, 3.05) is 5.73 Å². The van der Waals surface area contributed by atoms with E-state index >= 15 is 0 Å². The van der Waals surface area contributed by atoms with Gasteiger partial charge in [-0.1, -0.05) is 0 Å². The van der Waals surface area contributed by atoms with Crippen LogP contribution in [0.4, 0.5) is 14.5 Å². The lowest BCUT2D eigenvalue weighted by atomic mass is 10.2. The molecule has 2 N–H and O–H groups in total. The van der Waals surface area contributed by atoms with Crippen LogP contribution in [-0.4, -0.2) is 10.2 Å². The summed E-state index contributed by atoms with van der Waals surface area (Å²) in [7, 11) is 0. The molecule has 7 heteroatoms. The summed E-state index contributed by atoms with van der Waals surface area (Å²) in [5.74, 6) is 0. The van der Waals surface area contributed by atoms with Crippen molar-refractivity contribution in [1.29, 1.82) is 0 Å². The molecule has 0 aliphatic carbocycles. The van der Waals surface area contributed by atoms with Gasteiger partial charge in [0.1, 0.15) is 5.69 Å². The Hall–Kier alpha value is -0.750. The number of hydrogen-bond acceptors (Lipinski definition) is 3. The molecule has 76 valence electrons. The van der Waals surface area contributed by atoms with Gasteiger partial charge in [0.25, 0.3) is 11.7 Å². The highest BCUT2D eigenvalue weighted by atomic mass is 79.9. The van der Waals surface area contributed by atoms with Crippen LogP contribution in [0.15, 0.2) is 10.7 Å². The number of pyridine rings is 1. The second-order valence-electron chi connectivity index (χ2n) is 2.35. The van der Waals surface area contributed by atoms with Gasteiger partial charge in [-0.25, -0.2) is 8.78 Å².